The van der Waals surface area contributed by atoms with Crippen molar-refractivity contribution in [1.82, 2.24) is 0 Å². The zero-order valence-electron chi connectivity index (χ0n) is 9.29. The van der Waals surface area contributed by atoms with Crippen LogP contribution in [0.5, 0.6) is 0 Å². The van der Waals surface area contributed by atoms with Crippen LogP contribution in [0, 0.1) is 26.2 Å². The number of aryl methyl sites for hydroxylation is 3. The average molecular weight is 312 g/mol. The van der Waals surface area contributed by atoms with Gasteiger partial charge in [0.05, 0.1) is 0 Å². The third-order valence-corrected chi connectivity index (χ3v) is 5.73. The second-order valence-electron chi connectivity index (χ2n) is 3.85. The Morgan fingerprint density at radius 2 is 2.00 bits per heavy atom. The molecule has 1 heterocycles. The second-order valence-corrected chi connectivity index (χ2v) is 7.19. The van der Waals surface area contributed by atoms with Crippen molar-refractivity contribution in [2.24, 2.45) is 7.05 Å². The zero-order chi connectivity index (χ0) is 11.0. The van der Waals surface area contributed by atoms with E-state index in [4.69, 9.17) is 6.42 Å². The molecule has 0 radical (unpaired) electrons. The molecule has 1 aromatic carbocycles. The van der Waals surface area contributed by atoms with Crippen LogP contribution >= 0.6 is 0 Å². The van der Waals surface area contributed by atoms with Gasteiger partial charge in [-0.15, -0.1) is 0 Å². The van der Waals surface area contributed by atoms with Gasteiger partial charge < -0.3 is 0 Å². The molecule has 0 atom stereocenters. The molecule has 0 saturated heterocycles. The molecular weight excluding hydrogens is 298 g/mol. The van der Waals surface area contributed by atoms with Crippen molar-refractivity contribution in [2.45, 2.75) is 20.3 Å². The van der Waals surface area contributed by atoms with Crippen LogP contribution in [0.4, 0.5) is 0 Å². The quantitative estimate of drug-likeness (QED) is 0.555. The molecule has 0 spiro atoms. The first-order valence-electron chi connectivity index (χ1n) is 4.96. The Morgan fingerprint density at radius 3 is 2.67 bits per heavy atom. The Balaban J connectivity index is 2.77. The third-order valence-electron chi connectivity index (χ3n) is 2.79. The van der Waals surface area contributed by atoms with Gasteiger partial charge in [0.1, 0.15) is 0 Å². The van der Waals surface area contributed by atoms with E-state index in [1.54, 1.807) is 0 Å². The number of fused-ring (bicyclic) bond motifs is 1. The van der Waals surface area contributed by atoms with Gasteiger partial charge in [-0.25, -0.2) is 0 Å². The van der Waals surface area contributed by atoms with Crippen molar-refractivity contribution < 1.29 is 2.79 Å². The number of benzene rings is 1. The van der Waals surface area contributed by atoms with Gasteiger partial charge >= 0.3 is 101 Å². The number of hydrogen-bond donors (Lipinski definition) is 0. The molecule has 0 unspecified atom stereocenters. The zero-order valence-corrected chi connectivity index (χ0v) is 11.6. The van der Waals surface area contributed by atoms with E-state index >= 15 is 0 Å². The first-order chi connectivity index (χ1) is 7.13. The van der Waals surface area contributed by atoms with Crippen LogP contribution in [0.15, 0.2) is 12.1 Å². The van der Waals surface area contributed by atoms with Gasteiger partial charge in [0, 0.05) is 0 Å². The molecule has 0 aliphatic heterocycles. The Kier molecular flexibility index (Phi) is 2.87. The first kappa shape index (κ1) is 10.7. The second kappa shape index (κ2) is 4.01. The van der Waals surface area contributed by atoms with E-state index in [9.17, 15) is 0 Å². The molecule has 0 fully saturated rings. The van der Waals surface area contributed by atoms with E-state index in [0.29, 0.717) is 0 Å². The molecular formula is C13H14NTe+. The minimum absolute atomic E-state index is 0.206. The predicted octanol–water partition coefficient (Wildman–Crippen LogP) is 1.51. The fourth-order valence-electron chi connectivity index (χ4n) is 1.77. The Labute approximate surface area is 101 Å². The summed E-state index contributed by atoms with van der Waals surface area (Å²) in [4.78, 5) is 0. The molecule has 2 heteroatoms. The predicted molar refractivity (Wildman–Crippen MR) is 64.1 cm³/mol. The van der Waals surface area contributed by atoms with Crippen LogP contribution in [-0.4, -0.2) is 20.7 Å². The van der Waals surface area contributed by atoms with Gasteiger partial charge in [-0.3, -0.25) is 0 Å². The van der Waals surface area contributed by atoms with Crippen LogP contribution in [0.25, 0.3) is 8.79 Å². The minimum atomic E-state index is -0.206. The summed E-state index contributed by atoms with van der Waals surface area (Å²) in [5.74, 6) is 2.76. The van der Waals surface area contributed by atoms with E-state index in [1.807, 2.05) is 0 Å². The van der Waals surface area contributed by atoms with Gasteiger partial charge in [-0.1, -0.05) is 0 Å². The van der Waals surface area contributed by atoms with Crippen molar-refractivity contribution in [2.75, 3.05) is 0 Å². The SMILES string of the molecule is C#CCc1c2cc(C)c(C)cc2[te][n+]1C. The average Bonchev–Trinajstić information content (AvgIpc) is 2.46. The van der Waals surface area contributed by atoms with Crippen molar-refractivity contribution in [3.05, 3.63) is 29.0 Å². The van der Waals surface area contributed by atoms with E-state index < -0.39 is 0 Å². The number of rotatable bonds is 1. The molecule has 0 aliphatic carbocycles. The molecule has 0 aliphatic rings. The Hall–Kier alpha value is -0.760. The molecule has 1 aromatic heterocycles. The van der Waals surface area contributed by atoms with Gasteiger partial charge in [0.25, 0.3) is 0 Å². The molecule has 0 N–H and O–H groups in total. The fourth-order valence-corrected chi connectivity index (χ4v) is 4.83. The summed E-state index contributed by atoms with van der Waals surface area (Å²) in [7, 11) is 2.17. The summed E-state index contributed by atoms with van der Waals surface area (Å²) >= 11 is -0.206. The Bertz CT molecular complexity index is 558. The molecule has 0 saturated carbocycles. The van der Waals surface area contributed by atoms with Crippen LogP contribution in [0.1, 0.15) is 16.8 Å². The molecule has 2 aromatic rings. The van der Waals surface area contributed by atoms with Crippen LogP contribution in [0.3, 0.4) is 0 Å². The summed E-state index contributed by atoms with van der Waals surface area (Å²) < 4.78 is 3.92. The van der Waals surface area contributed by atoms with E-state index in [0.717, 1.165) is 6.42 Å². The first-order valence-corrected chi connectivity index (χ1v) is 7.17. The van der Waals surface area contributed by atoms with Gasteiger partial charge in [0.2, 0.25) is 0 Å². The fraction of sp³-hybridized carbons (Fsp3) is 0.308. The summed E-state index contributed by atoms with van der Waals surface area (Å²) in [5.41, 5.74) is 4.11. The monoisotopic (exact) mass is 314 g/mol. The topological polar surface area (TPSA) is 3.88 Å². The number of terminal acetylenes is 1. The molecule has 1 nitrogen and oxygen atoms in total. The van der Waals surface area contributed by atoms with Crippen molar-refractivity contribution in [3.63, 3.8) is 0 Å². The van der Waals surface area contributed by atoms with Crippen molar-refractivity contribution in [3.8, 4) is 12.3 Å². The summed E-state index contributed by atoms with van der Waals surface area (Å²) in [6.07, 6.45) is 6.17. The third kappa shape index (κ3) is 1.83. The van der Waals surface area contributed by atoms with E-state index in [-0.39, 0.29) is 20.7 Å². The van der Waals surface area contributed by atoms with Crippen molar-refractivity contribution in [1.29, 1.82) is 0 Å². The molecule has 76 valence electrons. The van der Waals surface area contributed by atoms with Crippen LogP contribution in [0.2, 0.25) is 0 Å². The normalized spacial score (nSPS) is 10.5. The number of nitrogens with zero attached hydrogens (tertiary/aromatic N) is 1. The maximum absolute atomic E-state index is 5.41. The molecule has 0 amide bonds. The van der Waals surface area contributed by atoms with E-state index in [1.165, 1.54) is 25.6 Å². The number of aromatic nitrogens is 1. The van der Waals surface area contributed by atoms with Gasteiger partial charge in [-0.2, -0.15) is 0 Å². The number of hydrogen-bond acceptors (Lipinski definition) is 0. The summed E-state index contributed by atoms with van der Waals surface area (Å²) in [6, 6.07) is 4.64. The maximum atomic E-state index is 5.41. The summed E-state index contributed by atoms with van der Waals surface area (Å²) in [5, 5.41) is 1.40. The summed E-state index contributed by atoms with van der Waals surface area (Å²) in [6.45, 7) is 4.35. The van der Waals surface area contributed by atoms with Gasteiger partial charge in [0.15, 0.2) is 0 Å². The van der Waals surface area contributed by atoms with Crippen LogP contribution in [-0.2, 0) is 13.5 Å². The Morgan fingerprint density at radius 1 is 1.33 bits per heavy atom. The van der Waals surface area contributed by atoms with E-state index in [2.05, 4.69) is 41.7 Å². The van der Waals surface area contributed by atoms with Gasteiger partial charge in [-0.05, 0) is 0 Å². The molecule has 0 bridgehead atoms. The molecule has 2 rings (SSSR count). The molecule has 15 heavy (non-hydrogen) atoms. The standard InChI is InChI=1S/C13H14NTe/c1-5-6-12-11-7-9(2)10(3)8-13(11)15-14(12)4/h1,7-8H,6H2,2-4H3/q+1. The van der Waals surface area contributed by atoms with Crippen molar-refractivity contribution >= 4 is 29.5 Å². The van der Waals surface area contributed by atoms with Crippen LogP contribution < -0.4 is 2.79 Å².